The van der Waals surface area contributed by atoms with Gasteiger partial charge in [0.1, 0.15) is 0 Å². The lowest BCUT2D eigenvalue weighted by molar-refractivity contribution is 0.128. The Kier molecular flexibility index (Phi) is 4.74. The standard InChI is InChI=1S/C16H25NS/c1-16(2)8-10-17(11-9-16)12-15(13-18)14-6-4-3-5-7-14/h3-7,15,18H,8-13H2,1-2H3. The monoisotopic (exact) mass is 263 g/mol. The van der Waals surface area contributed by atoms with Gasteiger partial charge >= 0.3 is 0 Å². The Morgan fingerprint density at radius 3 is 2.33 bits per heavy atom. The van der Waals surface area contributed by atoms with Gasteiger partial charge in [-0.3, -0.25) is 0 Å². The van der Waals surface area contributed by atoms with Gasteiger partial charge in [0.15, 0.2) is 0 Å². The van der Waals surface area contributed by atoms with Gasteiger partial charge in [0.05, 0.1) is 0 Å². The van der Waals surface area contributed by atoms with Crippen LogP contribution in [0.4, 0.5) is 0 Å². The fraction of sp³-hybridized carbons (Fsp3) is 0.625. The van der Waals surface area contributed by atoms with Crippen LogP contribution in [0.3, 0.4) is 0 Å². The molecule has 0 aliphatic carbocycles. The second-order valence-corrected chi connectivity index (χ2v) is 6.62. The summed E-state index contributed by atoms with van der Waals surface area (Å²) in [5.41, 5.74) is 1.97. The van der Waals surface area contributed by atoms with E-state index < -0.39 is 0 Å². The summed E-state index contributed by atoms with van der Waals surface area (Å²) in [6, 6.07) is 10.8. The zero-order chi connectivity index (χ0) is 13.0. The smallest absolute Gasteiger partial charge is 0.00581 e. The van der Waals surface area contributed by atoms with E-state index in [4.69, 9.17) is 0 Å². The average molecular weight is 263 g/mol. The third kappa shape index (κ3) is 3.76. The minimum atomic E-state index is 0.541. The molecule has 18 heavy (non-hydrogen) atoms. The molecule has 1 heterocycles. The number of piperidine rings is 1. The Morgan fingerprint density at radius 2 is 1.78 bits per heavy atom. The van der Waals surface area contributed by atoms with E-state index in [-0.39, 0.29) is 0 Å². The van der Waals surface area contributed by atoms with E-state index in [2.05, 4.69) is 61.7 Å². The SMILES string of the molecule is CC1(C)CCN(CC(CS)c2ccccc2)CC1. The Balaban J connectivity index is 1.92. The molecule has 1 aliphatic rings. The fourth-order valence-corrected chi connectivity index (χ4v) is 2.97. The molecule has 0 amide bonds. The third-order valence-corrected chi connectivity index (χ3v) is 4.62. The van der Waals surface area contributed by atoms with Crippen molar-refractivity contribution in [3.8, 4) is 0 Å². The van der Waals surface area contributed by atoms with Crippen LogP contribution in [0.1, 0.15) is 38.2 Å². The highest BCUT2D eigenvalue weighted by molar-refractivity contribution is 7.80. The highest BCUT2D eigenvalue weighted by atomic mass is 32.1. The molecule has 1 nitrogen and oxygen atoms in total. The molecule has 0 aromatic heterocycles. The van der Waals surface area contributed by atoms with Gasteiger partial charge in [-0.25, -0.2) is 0 Å². The van der Waals surface area contributed by atoms with Gasteiger partial charge in [-0.15, -0.1) is 0 Å². The summed E-state index contributed by atoms with van der Waals surface area (Å²) in [5.74, 6) is 1.50. The van der Waals surface area contributed by atoms with E-state index in [0.29, 0.717) is 11.3 Å². The van der Waals surface area contributed by atoms with Crippen molar-refractivity contribution in [1.29, 1.82) is 0 Å². The Hall–Kier alpha value is -0.470. The van der Waals surface area contributed by atoms with Gasteiger partial charge in [-0.2, -0.15) is 12.6 Å². The van der Waals surface area contributed by atoms with E-state index >= 15 is 0 Å². The molecule has 1 aromatic rings. The summed E-state index contributed by atoms with van der Waals surface area (Å²) in [7, 11) is 0. The lowest BCUT2D eigenvalue weighted by Gasteiger charge is -2.38. The first-order valence-electron chi connectivity index (χ1n) is 6.99. The molecule has 1 aliphatic heterocycles. The van der Waals surface area contributed by atoms with E-state index in [1.807, 2.05) is 0 Å². The van der Waals surface area contributed by atoms with Crippen molar-refractivity contribution >= 4 is 12.6 Å². The van der Waals surface area contributed by atoms with E-state index in [1.165, 1.54) is 31.5 Å². The van der Waals surface area contributed by atoms with Gasteiger partial charge in [0.25, 0.3) is 0 Å². The first kappa shape index (κ1) is 14.0. The van der Waals surface area contributed by atoms with Crippen LogP contribution in [-0.4, -0.2) is 30.3 Å². The maximum absolute atomic E-state index is 4.53. The second kappa shape index (κ2) is 6.12. The number of rotatable bonds is 4. The van der Waals surface area contributed by atoms with Crippen molar-refractivity contribution in [1.82, 2.24) is 4.90 Å². The first-order valence-corrected chi connectivity index (χ1v) is 7.62. The minimum absolute atomic E-state index is 0.541. The zero-order valence-corrected chi connectivity index (χ0v) is 12.5. The van der Waals surface area contributed by atoms with Crippen molar-refractivity contribution in [3.05, 3.63) is 35.9 Å². The molecular formula is C16H25NS. The predicted octanol–water partition coefficient (Wildman–Crippen LogP) is 3.82. The van der Waals surface area contributed by atoms with Gasteiger partial charge in [-0.05, 0) is 42.7 Å². The summed E-state index contributed by atoms with van der Waals surface area (Å²) in [6.07, 6.45) is 2.64. The summed E-state index contributed by atoms with van der Waals surface area (Å²) in [4.78, 5) is 2.61. The zero-order valence-electron chi connectivity index (χ0n) is 11.6. The third-order valence-electron chi connectivity index (χ3n) is 4.18. The number of hydrogen-bond donors (Lipinski definition) is 1. The summed E-state index contributed by atoms with van der Waals surface area (Å²) in [5, 5.41) is 0. The van der Waals surface area contributed by atoms with Crippen molar-refractivity contribution in [2.24, 2.45) is 5.41 Å². The number of thiol groups is 1. The normalized spacial score (nSPS) is 21.7. The van der Waals surface area contributed by atoms with Crippen LogP contribution < -0.4 is 0 Å². The van der Waals surface area contributed by atoms with Gasteiger partial charge < -0.3 is 4.90 Å². The maximum atomic E-state index is 4.53. The largest absolute Gasteiger partial charge is 0.303 e. The highest BCUT2D eigenvalue weighted by Crippen LogP contribution is 2.31. The molecule has 1 fully saturated rings. The Morgan fingerprint density at radius 1 is 1.17 bits per heavy atom. The molecule has 1 atom stereocenters. The van der Waals surface area contributed by atoms with Crippen LogP contribution in [-0.2, 0) is 0 Å². The number of benzene rings is 1. The van der Waals surface area contributed by atoms with Crippen LogP contribution in [0.5, 0.6) is 0 Å². The van der Waals surface area contributed by atoms with Crippen molar-refractivity contribution < 1.29 is 0 Å². The lowest BCUT2D eigenvalue weighted by atomic mass is 9.82. The molecule has 100 valence electrons. The van der Waals surface area contributed by atoms with Crippen LogP contribution in [0.25, 0.3) is 0 Å². The lowest BCUT2D eigenvalue weighted by Crippen LogP contribution is -2.39. The average Bonchev–Trinajstić information content (AvgIpc) is 2.39. The molecule has 0 radical (unpaired) electrons. The van der Waals surface area contributed by atoms with Crippen molar-refractivity contribution in [2.45, 2.75) is 32.6 Å². The Labute approximate surface area is 117 Å². The van der Waals surface area contributed by atoms with E-state index in [9.17, 15) is 0 Å². The molecule has 0 N–H and O–H groups in total. The van der Waals surface area contributed by atoms with Gasteiger partial charge in [0, 0.05) is 12.5 Å². The summed E-state index contributed by atoms with van der Waals surface area (Å²) < 4.78 is 0. The fourth-order valence-electron chi connectivity index (χ4n) is 2.65. The number of nitrogens with zero attached hydrogens (tertiary/aromatic N) is 1. The van der Waals surface area contributed by atoms with Gasteiger partial charge in [-0.1, -0.05) is 44.2 Å². The van der Waals surface area contributed by atoms with Crippen LogP contribution >= 0.6 is 12.6 Å². The molecule has 1 aromatic carbocycles. The van der Waals surface area contributed by atoms with Gasteiger partial charge in [0.2, 0.25) is 0 Å². The topological polar surface area (TPSA) is 3.24 Å². The quantitative estimate of drug-likeness (QED) is 0.808. The molecule has 2 rings (SSSR count). The van der Waals surface area contributed by atoms with E-state index in [1.54, 1.807) is 0 Å². The number of likely N-dealkylation sites (tertiary alicyclic amines) is 1. The molecule has 0 bridgehead atoms. The molecule has 1 unspecified atom stereocenters. The van der Waals surface area contributed by atoms with Crippen LogP contribution in [0, 0.1) is 5.41 Å². The maximum Gasteiger partial charge on any atom is 0.00581 e. The van der Waals surface area contributed by atoms with Crippen LogP contribution in [0.15, 0.2) is 30.3 Å². The summed E-state index contributed by atoms with van der Waals surface area (Å²) >= 11 is 4.53. The number of hydrogen-bond acceptors (Lipinski definition) is 2. The Bertz CT molecular complexity index is 351. The molecule has 1 saturated heterocycles. The highest BCUT2D eigenvalue weighted by Gasteiger charge is 2.26. The summed E-state index contributed by atoms with van der Waals surface area (Å²) in [6.45, 7) is 8.41. The van der Waals surface area contributed by atoms with Crippen LogP contribution in [0.2, 0.25) is 0 Å². The molecule has 0 saturated carbocycles. The molecule has 0 spiro atoms. The van der Waals surface area contributed by atoms with E-state index in [0.717, 1.165) is 12.3 Å². The van der Waals surface area contributed by atoms with Crippen molar-refractivity contribution in [2.75, 3.05) is 25.4 Å². The molecule has 2 heteroatoms. The predicted molar refractivity (Wildman–Crippen MR) is 82.5 cm³/mol. The second-order valence-electron chi connectivity index (χ2n) is 6.26. The van der Waals surface area contributed by atoms with Crippen molar-refractivity contribution in [3.63, 3.8) is 0 Å². The molecular weight excluding hydrogens is 238 g/mol. The minimum Gasteiger partial charge on any atom is -0.303 e. The first-order chi connectivity index (χ1) is 8.61.